The number of aliphatic hydroxyl groups is 2. The summed E-state index contributed by atoms with van der Waals surface area (Å²) in [5.41, 5.74) is 6.31. The number of nitrogens with two attached hydrogens (primary N) is 1. The van der Waals surface area contributed by atoms with Crippen molar-refractivity contribution in [3.8, 4) is 0 Å². The van der Waals surface area contributed by atoms with Crippen LogP contribution in [0.25, 0.3) is 0 Å². The number of hydrogen-bond acceptors (Lipinski definition) is 5. The molecule has 0 unspecified atom stereocenters. The topological polar surface area (TPSA) is 92.8 Å². The van der Waals surface area contributed by atoms with Crippen LogP contribution in [0, 0.1) is 46.3 Å². The van der Waals surface area contributed by atoms with E-state index in [0.717, 1.165) is 51.4 Å². The average molecular weight is 422 g/mol. The van der Waals surface area contributed by atoms with Gasteiger partial charge in [-0.15, -0.1) is 0 Å². The molecular formula is C25H43NO4. The van der Waals surface area contributed by atoms with Crippen LogP contribution in [0.5, 0.6) is 0 Å². The van der Waals surface area contributed by atoms with Gasteiger partial charge in [-0.05, 0) is 97.7 Å². The van der Waals surface area contributed by atoms with Crippen LogP contribution in [0.1, 0.15) is 78.6 Å². The summed E-state index contributed by atoms with van der Waals surface area (Å²) in [4.78, 5) is 11.7. The van der Waals surface area contributed by atoms with Crippen molar-refractivity contribution < 1.29 is 19.7 Å². The Kier molecular flexibility index (Phi) is 6.04. The molecule has 4 fully saturated rings. The van der Waals surface area contributed by atoms with Gasteiger partial charge in [-0.25, -0.2) is 0 Å². The van der Waals surface area contributed by atoms with E-state index in [1.807, 2.05) is 0 Å². The summed E-state index contributed by atoms with van der Waals surface area (Å²) in [5, 5.41) is 22.9. The molecule has 4 N–H and O–H groups in total. The molecule has 11 atom stereocenters. The second-order valence-electron chi connectivity index (χ2n) is 11.7. The first-order chi connectivity index (χ1) is 14.1. The Bertz CT molecular complexity index is 655. The molecule has 172 valence electrons. The third-order valence-corrected chi connectivity index (χ3v) is 10.6. The molecule has 5 nitrogen and oxygen atoms in total. The zero-order valence-corrected chi connectivity index (χ0v) is 19.3. The molecule has 0 aromatic carbocycles. The van der Waals surface area contributed by atoms with Gasteiger partial charge in [0.05, 0.1) is 19.3 Å². The monoisotopic (exact) mass is 421 g/mol. The number of esters is 1. The molecule has 0 aliphatic heterocycles. The van der Waals surface area contributed by atoms with Gasteiger partial charge in [0, 0.05) is 12.5 Å². The Hall–Kier alpha value is -0.650. The highest BCUT2D eigenvalue weighted by Gasteiger charge is 2.65. The summed E-state index contributed by atoms with van der Waals surface area (Å²) in [7, 11) is 1.45. The second kappa shape index (κ2) is 8.04. The van der Waals surface area contributed by atoms with Gasteiger partial charge < -0.3 is 20.7 Å². The van der Waals surface area contributed by atoms with Crippen LogP contribution in [0.3, 0.4) is 0 Å². The number of hydrogen-bond donors (Lipinski definition) is 3. The average Bonchev–Trinajstić information content (AvgIpc) is 3.06. The first-order valence-electron chi connectivity index (χ1n) is 12.3. The minimum atomic E-state index is -0.338. The fourth-order valence-electron chi connectivity index (χ4n) is 8.84. The molecule has 5 heteroatoms. The number of carbonyl (C=O) groups is 1. The van der Waals surface area contributed by atoms with Crippen LogP contribution in [-0.2, 0) is 9.53 Å². The van der Waals surface area contributed by atoms with Crippen molar-refractivity contribution in [2.45, 2.75) is 96.8 Å². The first-order valence-corrected chi connectivity index (χ1v) is 12.3. The van der Waals surface area contributed by atoms with Crippen LogP contribution >= 0.6 is 0 Å². The van der Waals surface area contributed by atoms with Gasteiger partial charge in [-0.3, -0.25) is 4.79 Å². The van der Waals surface area contributed by atoms with Crippen LogP contribution in [0.4, 0.5) is 0 Å². The maximum atomic E-state index is 11.7. The van der Waals surface area contributed by atoms with Crippen molar-refractivity contribution in [2.24, 2.45) is 52.1 Å². The highest BCUT2D eigenvalue weighted by molar-refractivity contribution is 5.69. The molecule has 4 saturated carbocycles. The Balaban J connectivity index is 1.58. The number of rotatable bonds is 4. The largest absolute Gasteiger partial charge is 0.469 e. The second-order valence-corrected chi connectivity index (χ2v) is 11.7. The predicted molar refractivity (Wildman–Crippen MR) is 116 cm³/mol. The molecule has 0 heterocycles. The maximum absolute atomic E-state index is 11.7. The van der Waals surface area contributed by atoms with E-state index >= 15 is 0 Å². The first kappa shape index (κ1) is 22.5. The molecule has 0 spiro atoms. The molecule has 4 rings (SSSR count). The highest BCUT2D eigenvalue weighted by atomic mass is 16.5. The van der Waals surface area contributed by atoms with Crippen molar-refractivity contribution >= 4 is 5.97 Å². The maximum Gasteiger partial charge on any atom is 0.305 e. The molecule has 0 radical (unpaired) electrons. The lowest BCUT2D eigenvalue weighted by molar-refractivity contribution is -0.202. The summed E-state index contributed by atoms with van der Waals surface area (Å²) < 4.78 is 4.84. The van der Waals surface area contributed by atoms with E-state index in [-0.39, 0.29) is 41.0 Å². The quantitative estimate of drug-likeness (QED) is 0.604. The van der Waals surface area contributed by atoms with Gasteiger partial charge in [0.25, 0.3) is 0 Å². The molecule has 30 heavy (non-hydrogen) atoms. The Morgan fingerprint density at radius 1 is 1.13 bits per heavy atom. The molecular weight excluding hydrogens is 378 g/mol. The molecule has 4 aliphatic rings. The van der Waals surface area contributed by atoms with Gasteiger partial charge >= 0.3 is 5.97 Å². The number of methoxy groups -OCH3 is 1. The number of fused-ring (bicyclic) bond motifs is 5. The normalized spacial score (nSPS) is 51.4. The fourth-order valence-corrected chi connectivity index (χ4v) is 8.84. The van der Waals surface area contributed by atoms with Gasteiger partial charge in [0.1, 0.15) is 0 Å². The van der Waals surface area contributed by atoms with E-state index in [1.165, 1.54) is 7.11 Å². The predicted octanol–water partition coefficient (Wildman–Crippen LogP) is 3.50. The van der Waals surface area contributed by atoms with Gasteiger partial charge in [0.15, 0.2) is 0 Å². The smallest absolute Gasteiger partial charge is 0.305 e. The number of aliphatic hydroxyl groups excluding tert-OH is 2. The van der Waals surface area contributed by atoms with Crippen LogP contribution in [-0.4, -0.2) is 41.5 Å². The zero-order chi connectivity index (χ0) is 21.8. The number of carbonyl (C=O) groups excluding carboxylic acids is 1. The summed E-state index contributed by atoms with van der Waals surface area (Å²) in [6.45, 7) is 6.94. The van der Waals surface area contributed by atoms with Crippen molar-refractivity contribution in [1.29, 1.82) is 0 Å². The van der Waals surface area contributed by atoms with Crippen LogP contribution < -0.4 is 5.73 Å². The van der Waals surface area contributed by atoms with E-state index in [0.29, 0.717) is 36.0 Å². The minimum Gasteiger partial charge on any atom is -0.469 e. The lowest BCUT2D eigenvalue weighted by Crippen LogP contribution is -2.62. The third-order valence-electron chi connectivity index (χ3n) is 10.6. The van der Waals surface area contributed by atoms with Crippen molar-refractivity contribution in [3.63, 3.8) is 0 Å². The van der Waals surface area contributed by atoms with Crippen LogP contribution in [0.2, 0.25) is 0 Å². The SMILES string of the molecule is COC(=O)CC[C@@H](C)[C@H]1CC[C@H]2[C@@H]3[C@H](O)C[C@H]4C[C@@H](N)CC[C@]4(C)[C@H]3C[C@H](O)[C@]12C. The van der Waals surface area contributed by atoms with Crippen molar-refractivity contribution in [1.82, 2.24) is 0 Å². The van der Waals surface area contributed by atoms with Gasteiger partial charge in [-0.1, -0.05) is 20.8 Å². The number of ether oxygens (including phenoxy) is 1. The summed E-state index contributed by atoms with van der Waals surface area (Å²) >= 11 is 0. The Labute approximate surface area is 182 Å². The Morgan fingerprint density at radius 3 is 2.57 bits per heavy atom. The molecule has 0 saturated heterocycles. The van der Waals surface area contributed by atoms with Crippen molar-refractivity contribution in [3.05, 3.63) is 0 Å². The van der Waals surface area contributed by atoms with Crippen LogP contribution in [0.15, 0.2) is 0 Å². The molecule has 0 aromatic heterocycles. The summed E-state index contributed by atoms with van der Waals surface area (Å²) in [6.07, 6.45) is 7.69. The van der Waals surface area contributed by atoms with E-state index in [2.05, 4.69) is 20.8 Å². The van der Waals surface area contributed by atoms with E-state index in [1.54, 1.807) is 0 Å². The van der Waals surface area contributed by atoms with E-state index in [9.17, 15) is 15.0 Å². The third kappa shape index (κ3) is 3.34. The van der Waals surface area contributed by atoms with E-state index in [4.69, 9.17) is 10.5 Å². The van der Waals surface area contributed by atoms with Crippen molar-refractivity contribution in [2.75, 3.05) is 7.11 Å². The molecule has 0 amide bonds. The fraction of sp³-hybridized carbons (Fsp3) is 0.960. The van der Waals surface area contributed by atoms with E-state index < -0.39 is 0 Å². The lowest BCUT2D eigenvalue weighted by atomic mass is 9.43. The standard InChI is InChI=1S/C25H43NO4/c1-14(5-8-22(29)30-4)17-6-7-18-23-19(13-21(28)25(17,18)3)24(2)10-9-16(26)11-15(24)12-20(23)27/h14-21,23,27-28H,5-13,26H2,1-4H3/t14-,15-,16+,17-,18+,19+,20-,21+,23+,24+,25-/m1/s1. The summed E-state index contributed by atoms with van der Waals surface area (Å²) in [5.74, 6) is 2.11. The van der Waals surface area contributed by atoms with Gasteiger partial charge in [-0.2, -0.15) is 0 Å². The Morgan fingerprint density at radius 2 is 1.87 bits per heavy atom. The molecule has 4 aliphatic carbocycles. The summed E-state index contributed by atoms with van der Waals surface area (Å²) in [6, 6.07) is 0.261. The highest BCUT2D eigenvalue weighted by Crippen LogP contribution is 2.68. The minimum absolute atomic E-state index is 0.150. The lowest BCUT2D eigenvalue weighted by Gasteiger charge is -2.63. The van der Waals surface area contributed by atoms with Gasteiger partial charge in [0.2, 0.25) is 0 Å². The molecule has 0 bridgehead atoms. The zero-order valence-electron chi connectivity index (χ0n) is 19.3. The molecule has 0 aromatic rings.